The van der Waals surface area contributed by atoms with Crippen LogP contribution in [0.1, 0.15) is 45.4 Å². The van der Waals surface area contributed by atoms with E-state index < -0.39 is 0 Å². The second-order valence-corrected chi connectivity index (χ2v) is 6.81. The van der Waals surface area contributed by atoms with E-state index in [-0.39, 0.29) is 12.0 Å². The maximum atomic E-state index is 12.5. The van der Waals surface area contributed by atoms with Gasteiger partial charge in [-0.1, -0.05) is 13.3 Å². The molecule has 1 N–H and O–H groups in total. The van der Waals surface area contributed by atoms with Gasteiger partial charge in [-0.3, -0.25) is 4.79 Å². The Morgan fingerprint density at radius 2 is 2.16 bits per heavy atom. The van der Waals surface area contributed by atoms with E-state index in [9.17, 15) is 4.79 Å². The van der Waals surface area contributed by atoms with Crippen molar-refractivity contribution in [3.63, 3.8) is 0 Å². The summed E-state index contributed by atoms with van der Waals surface area (Å²) in [6, 6.07) is 0.269. The molecule has 3 nitrogen and oxygen atoms in total. The third-order valence-electron chi connectivity index (χ3n) is 5.50. The van der Waals surface area contributed by atoms with Crippen molar-refractivity contribution in [2.75, 3.05) is 19.8 Å². The minimum atomic E-state index is 0.116. The van der Waals surface area contributed by atoms with E-state index in [1.165, 1.54) is 25.7 Å². The second kappa shape index (κ2) is 5.92. The van der Waals surface area contributed by atoms with E-state index in [1.807, 2.05) is 0 Å². The molecule has 5 atom stereocenters. The molecule has 3 fully saturated rings. The number of rotatable bonds is 6. The fourth-order valence-corrected chi connectivity index (χ4v) is 4.44. The van der Waals surface area contributed by atoms with Crippen LogP contribution in [0.3, 0.4) is 0 Å². The van der Waals surface area contributed by atoms with Crippen LogP contribution in [-0.4, -0.2) is 31.6 Å². The fraction of sp³-hybridized carbons (Fsp3) is 0.938. The molecule has 2 aliphatic carbocycles. The topological polar surface area (TPSA) is 38.3 Å². The van der Waals surface area contributed by atoms with Crippen LogP contribution >= 0.6 is 0 Å². The molecule has 2 saturated carbocycles. The van der Waals surface area contributed by atoms with Crippen molar-refractivity contribution in [2.24, 2.45) is 23.7 Å². The summed E-state index contributed by atoms with van der Waals surface area (Å²) in [6.45, 7) is 4.51. The first-order valence-corrected chi connectivity index (χ1v) is 8.11. The molecule has 1 aliphatic heterocycles. The summed E-state index contributed by atoms with van der Waals surface area (Å²) in [4.78, 5) is 12.5. The lowest BCUT2D eigenvalue weighted by Gasteiger charge is -2.24. The summed E-state index contributed by atoms with van der Waals surface area (Å²) >= 11 is 0. The Morgan fingerprint density at radius 1 is 1.26 bits per heavy atom. The molecule has 0 aromatic carbocycles. The molecule has 3 heteroatoms. The molecular weight excluding hydrogens is 238 g/mol. The summed E-state index contributed by atoms with van der Waals surface area (Å²) in [5.74, 6) is 3.07. The van der Waals surface area contributed by atoms with Gasteiger partial charge < -0.3 is 10.1 Å². The molecule has 19 heavy (non-hydrogen) atoms. The van der Waals surface area contributed by atoms with Gasteiger partial charge in [-0.2, -0.15) is 0 Å². The average molecular weight is 265 g/mol. The highest BCUT2D eigenvalue weighted by Crippen LogP contribution is 2.49. The standard InChI is InChI=1S/C16H27NO2/c1-2-5-17-15-10-19-9-14(15)16(18)8-13-7-11-3-4-12(13)6-11/h11-15,17H,2-10H2,1H3. The predicted molar refractivity (Wildman–Crippen MR) is 75.0 cm³/mol. The van der Waals surface area contributed by atoms with Gasteiger partial charge in [0.25, 0.3) is 0 Å². The summed E-state index contributed by atoms with van der Waals surface area (Å²) in [5.41, 5.74) is 0. The SMILES string of the molecule is CCCNC1COCC1C(=O)CC1CC2CCC1C2. The lowest BCUT2D eigenvalue weighted by molar-refractivity contribution is -0.124. The van der Waals surface area contributed by atoms with Crippen LogP contribution in [0.4, 0.5) is 0 Å². The van der Waals surface area contributed by atoms with E-state index >= 15 is 0 Å². The monoisotopic (exact) mass is 265 g/mol. The van der Waals surface area contributed by atoms with Crippen LogP contribution in [0.2, 0.25) is 0 Å². The summed E-state index contributed by atoms with van der Waals surface area (Å²) in [5, 5.41) is 3.48. The number of nitrogens with one attached hydrogen (secondary N) is 1. The molecule has 5 unspecified atom stereocenters. The molecule has 0 radical (unpaired) electrons. The van der Waals surface area contributed by atoms with Crippen molar-refractivity contribution in [1.82, 2.24) is 5.32 Å². The van der Waals surface area contributed by atoms with Crippen molar-refractivity contribution in [3.8, 4) is 0 Å². The maximum absolute atomic E-state index is 12.5. The van der Waals surface area contributed by atoms with Gasteiger partial charge in [0.05, 0.1) is 19.1 Å². The highest BCUT2D eigenvalue weighted by molar-refractivity contribution is 5.82. The quantitative estimate of drug-likeness (QED) is 0.801. The minimum Gasteiger partial charge on any atom is -0.379 e. The van der Waals surface area contributed by atoms with Gasteiger partial charge in [0.2, 0.25) is 0 Å². The zero-order valence-corrected chi connectivity index (χ0v) is 12.1. The van der Waals surface area contributed by atoms with Gasteiger partial charge in [0, 0.05) is 12.5 Å². The molecule has 0 aromatic rings. The van der Waals surface area contributed by atoms with E-state index in [0.29, 0.717) is 24.9 Å². The smallest absolute Gasteiger partial charge is 0.140 e. The number of ether oxygens (including phenoxy) is 1. The van der Waals surface area contributed by atoms with Gasteiger partial charge in [0.1, 0.15) is 5.78 Å². The van der Waals surface area contributed by atoms with E-state index in [4.69, 9.17) is 4.74 Å². The molecule has 3 aliphatic rings. The van der Waals surface area contributed by atoms with Crippen molar-refractivity contribution < 1.29 is 9.53 Å². The first kappa shape index (κ1) is 13.6. The number of Topliss-reactive ketones (excluding diaryl/α,β-unsaturated/α-hetero) is 1. The Hall–Kier alpha value is -0.410. The lowest BCUT2D eigenvalue weighted by Crippen LogP contribution is -2.40. The van der Waals surface area contributed by atoms with E-state index in [1.54, 1.807) is 0 Å². The van der Waals surface area contributed by atoms with Gasteiger partial charge in [-0.15, -0.1) is 0 Å². The normalized spacial score (nSPS) is 41.0. The lowest BCUT2D eigenvalue weighted by atomic mass is 9.82. The molecular formula is C16H27NO2. The number of carbonyl (C=O) groups excluding carboxylic acids is 1. The fourth-order valence-electron chi connectivity index (χ4n) is 4.44. The van der Waals surface area contributed by atoms with Crippen LogP contribution in [0.5, 0.6) is 0 Å². The number of carbonyl (C=O) groups is 1. The van der Waals surface area contributed by atoms with Crippen molar-refractivity contribution in [1.29, 1.82) is 0 Å². The van der Waals surface area contributed by atoms with E-state index in [2.05, 4.69) is 12.2 Å². The summed E-state index contributed by atoms with van der Waals surface area (Å²) < 4.78 is 5.53. The van der Waals surface area contributed by atoms with Crippen molar-refractivity contribution >= 4 is 5.78 Å². The maximum Gasteiger partial charge on any atom is 0.140 e. The van der Waals surface area contributed by atoms with Crippen LogP contribution in [-0.2, 0) is 9.53 Å². The zero-order chi connectivity index (χ0) is 13.2. The molecule has 0 amide bonds. The Morgan fingerprint density at radius 3 is 2.84 bits per heavy atom. The minimum absolute atomic E-state index is 0.116. The molecule has 3 rings (SSSR count). The second-order valence-electron chi connectivity index (χ2n) is 6.81. The molecule has 0 aromatic heterocycles. The third-order valence-corrected chi connectivity index (χ3v) is 5.50. The van der Waals surface area contributed by atoms with Crippen molar-refractivity contribution in [2.45, 2.75) is 51.5 Å². The van der Waals surface area contributed by atoms with Crippen LogP contribution in [0, 0.1) is 23.7 Å². The first-order chi connectivity index (χ1) is 9.28. The third kappa shape index (κ3) is 2.87. The Balaban J connectivity index is 1.51. The zero-order valence-electron chi connectivity index (χ0n) is 12.1. The van der Waals surface area contributed by atoms with Gasteiger partial charge in [-0.25, -0.2) is 0 Å². The summed E-state index contributed by atoms with van der Waals surface area (Å²) in [7, 11) is 0. The van der Waals surface area contributed by atoms with Gasteiger partial charge in [0.15, 0.2) is 0 Å². The van der Waals surface area contributed by atoms with Crippen molar-refractivity contribution in [3.05, 3.63) is 0 Å². The van der Waals surface area contributed by atoms with E-state index in [0.717, 1.165) is 31.2 Å². The number of hydrogen-bond acceptors (Lipinski definition) is 3. The Bertz CT molecular complexity index is 331. The number of fused-ring (bicyclic) bond motifs is 2. The highest BCUT2D eigenvalue weighted by atomic mass is 16.5. The number of hydrogen-bond donors (Lipinski definition) is 1. The Labute approximate surface area is 116 Å². The van der Waals surface area contributed by atoms with Crippen LogP contribution in [0.15, 0.2) is 0 Å². The molecule has 1 heterocycles. The molecule has 1 saturated heterocycles. The van der Waals surface area contributed by atoms with Gasteiger partial charge >= 0.3 is 0 Å². The molecule has 2 bridgehead atoms. The average Bonchev–Trinajstić information content (AvgIpc) is 3.11. The largest absolute Gasteiger partial charge is 0.379 e. The van der Waals surface area contributed by atoms with Crippen LogP contribution < -0.4 is 5.32 Å². The van der Waals surface area contributed by atoms with Gasteiger partial charge in [-0.05, 0) is 50.0 Å². The number of ketones is 1. The molecule has 108 valence electrons. The highest BCUT2D eigenvalue weighted by Gasteiger charge is 2.42. The Kier molecular flexibility index (Phi) is 4.23. The first-order valence-electron chi connectivity index (χ1n) is 8.11. The van der Waals surface area contributed by atoms with Crippen LogP contribution in [0.25, 0.3) is 0 Å². The molecule has 0 spiro atoms. The predicted octanol–water partition coefficient (Wildman–Crippen LogP) is 2.40. The summed E-state index contributed by atoms with van der Waals surface area (Å²) in [6.07, 6.45) is 7.45.